The molecule has 0 spiro atoms. The van der Waals surface area contributed by atoms with Crippen LogP contribution in [0.15, 0.2) is 77.6 Å². The Kier molecular flexibility index (Phi) is 4.88. The Hall–Kier alpha value is -4.79. The van der Waals surface area contributed by atoms with Gasteiger partial charge < -0.3 is 10.3 Å². The van der Waals surface area contributed by atoms with Crippen LogP contribution in [-0.2, 0) is 6.42 Å². The predicted molar refractivity (Wildman–Crippen MR) is 131 cm³/mol. The van der Waals surface area contributed by atoms with Crippen molar-refractivity contribution in [2.24, 2.45) is 0 Å². The van der Waals surface area contributed by atoms with Crippen molar-refractivity contribution >= 4 is 33.4 Å². The number of hydrogen-bond acceptors (Lipinski definition) is 4. The first-order chi connectivity index (χ1) is 17.1. The minimum Gasteiger partial charge on any atom is -0.358 e. The number of amides is 1. The maximum absolute atomic E-state index is 13.7. The molecule has 3 N–H and O–H groups in total. The fourth-order valence-electron chi connectivity index (χ4n) is 4.28. The highest BCUT2D eigenvalue weighted by atomic mass is 19.1. The molecule has 9 heteroatoms. The van der Waals surface area contributed by atoms with Crippen LogP contribution in [0.3, 0.4) is 0 Å². The molecule has 0 fully saturated rings. The summed E-state index contributed by atoms with van der Waals surface area (Å²) in [5.74, 6) is -0.677. The largest absolute Gasteiger partial charge is 0.358 e. The van der Waals surface area contributed by atoms with Gasteiger partial charge in [-0.15, -0.1) is 0 Å². The summed E-state index contributed by atoms with van der Waals surface area (Å²) in [5, 5.41) is 11.5. The Bertz CT molecular complexity index is 1770. The summed E-state index contributed by atoms with van der Waals surface area (Å²) in [6, 6.07) is 20.8. The molecular weight excluding hydrogens is 447 g/mol. The van der Waals surface area contributed by atoms with E-state index in [-0.39, 0.29) is 11.6 Å². The van der Waals surface area contributed by atoms with E-state index in [2.05, 4.69) is 31.7 Å². The zero-order valence-electron chi connectivity index (χ0n) is 18.4. The Morgan fingerprint density at radius 3 is 2.77 bits per heavy atom. The van der Waals surface area contributed by atoms with Crippen molar-refractivity contribution in [3.63, 3.8) is 0 Å². The number of fused-ring (bicyclic) bond motifs is 4. The molecule has 1 amide bonds. The molecular formula is C26H19FN6O2. The third kappa shape index (κ3) is 3.72. The van der Waals surface area contributed by atoms with Crippen molar-refractivity contribution in [3.8, 4) is 11.3 Å². The third-order valence-corrected chi connectivity index (χ3v) is 5.99. The van der Waals surface area contributed by atoms with E-state index in [1.807, 2.05) is 24.3 Å². The summed E-state index contributed by atoms with van der Waals surface area (Å²) in [6.45, 7) is 0.448. The van der Waals surface area contributed by atoms with Gasteiger partial charge in [-0.05, 0) is 47.9 Å². The van der Waals surface area contributed by atoms with Gasteiger partial charge in [0.1, 0.15) is 11.5 Å². The second-order valence-corrected chi connectivity index (χ2v) is 8.27. The maximum Gasteiger partial charge on any atom is 0.281 e. The number of carbonyl (C=O) groups is 1. The quantitative estimate of drug-likeness (QED) is 0.359. The standard InChI is InChI=1S/C26H19FN6O2/c27-18-6-3-5-16(12-18)23-24-30-26(35)20-9-8-17(14-22(20)33(24)32-31-23)25(34)28-11-10-19-13-15-4-1-2-7-21(15)29-19/h1-9,12-14,29,32H,10-11H2,(H,28,34). The topological polar surface area (TPSA) is 108 Å². The second-order valence-electron chi connectivity index (χ2n) is 8.27. The molecule has 0 unspecified atom stereocenters. The Morgan fingerprint density at radius 2 is 1.91 bits per heavy atom. The van der Waals surface area contributed by atoms with Crippen molar-refractivity contribution in [1.82, 2.24) is 30.1 Å². The number of nitrogens with one attached hydrogen (secondary N) is 3. The lowest BCUT2D eigenvalue weighted by Gasteiger charge is -2.07. The van der Waals surface area contributed by atoms with Crippen molar-refractivity contribution in [2.75, 3.05) is 6.54 Å². The van der Waals surface area contributed by atoms with Gasteiger partial charge in [-0.1, -0.05) is 30.3 Å². The minimum absolute atomic E-state index is 0.254. The van der Waals surface area contributed by atoms with Crippen LogP contribution in [0.25, 0.3) is 38.7 Å². The predicted octanol–water partition coefficient (Wildman–Crippen LogP) is 3.83. The lowest BCUT2D eigenvalue weighted by Crippen LogP contribution is -2.26. The van der Waals surface area contributed by atoms with Gasteiger partial charge in [0.2, 0.25) is 0 Å². The fourth-order valence-corrected chi connectivity index (χ4v) is 4.28. The first kappa shape index (κ1) is 20.8. The van der Waals surface area contributed by atoms with E-state index in [1.165, 1.54) is 16.6 Å². The molecule has 35 heavy (non-hydrogen) atoms. The zero-order valence-corrected chi connectivity index (χ0v) is 18.4. The van der Waals surface area contributed by atoms with Gasteiger partial charge in [-0.2, -0.15) is 10.1 Å². The highest BCUT2D eigenvalue weighted by Gasteiger charge is 2.16. The summed E-state index contributed by atoms with van der Waals surface area (Å²) < 4.78 is 15.3. The van der Waals surface area contributed by atoms with E-state index in [0.29, 0.717) is 40.7 Å². The van der Waals surface area contributed by atoms with Gasteiger partial charge in [0, 0.05) is 35.3 Å². The molecule has 3 aromatic carbocycles. The highest BCUT2D eigenvalue weighted by Crippen LogP contribution is 2.23. The third-order valence-electron chi connectivity index (χ3n) is 5.99. The molecule has 8 nitrogen and oxygen atoms in total. The number of para-hydroxylation sites is 1. The van der Waals surface area contributed by atoms with Gasteiger partial charge in [0.05, 0.1) is 10.9 Å². The lowest BCUT2D eigenvalue weighted by molar-refractivity contribution is 0.0954. The summed E-state index contributed by atoms with van der Waals surface area (Å²) in [5.41, 5.74) is 3.58. The number of rotatable bonds is 5. The minimum atomic E-state index is -0.454. The van der Waals surface area contributed by atoms with E-state index in [4.69, 9.17) is 0 Å². The molecule has 0 aliphatic heterocycles. The van der Waals surface area contributed by atoms with Crippen molar-refractivity contribution in [2.45, 2.75) is 6.42 Å². The first-order valence-corrected chi connectivity index (χ1v) is 11.1. The number of aromatic amines is 2. The fraction of sp³-hybridized carbons (Fsp3) is 0.0769. The lowest BCUT2D eigenvalue weighted by atomic mass is 10.1. The van der Waals surface area contributed by atoms with Crippen LogP contribution in [0.2, 0.25) is 0 Å². The number of carbonyl (C=O) groups excluding carboxylic acids is 1. The summed E-state index contributed by atoms with van der Waals surface area (Å²) in [7, 11) is 0. The molecule has 0 saturated carbocycles. The summed E-state index contributed by atoms with van der Waals surface area (Å²) >= 11 is 0. The van der Waals surface area contributed by atoms with Crippen molar-refractivity contribution in [1.29, 1.82) is 0 Å². The number of H-pyrrole nitrogens is 2. The number of aromatic nitrogens is 5. The molecule has 6 rings (SSSR count). The monoisotopic (exact) mass is 466 g/mol. The molecule has 0 aliphatic carbocycles. The molecule has 0 aliphatic rings. The first-order valence-electron chi connectivity index (χ1n) is 11.1. The van der Waals surface area contributed by atoms with E-state index in [0.717, 1.165) is 16.6 Å². The molecule has 0 bridgehead atoms. The smallest absolute Gasteiger partial charge is 0.281 e. The summed E-state index contributed by atoms with van der Waals surface area (Å²) in [6.07, 6.45) is 0.652. The van der Waals surface area contributed by atoms with Gasteiger partial charge >= 0.3 is 0 Å². The van der Waals surface area contributed by atoms with Crippen LogP contribution in [0.4, 0.5) is 4.39 Å². The molecule has 0 radical (unpaired) electrons. The van der Waals surface area contributed by atoms with E-state index in [9.17, 15) is 14.0 Å². The van der Waals surface area contributed by atoms with Crippen LogP contribution >= 0.6 is 0 Å². The van der Waals surface area contributed by atoms with Crippen LogP contribution in [-0.4, -0.2) is 37.2 Å². The number of nitrogens with zero attached hydrogens (tertiary/aromatic N) is 3. The average molecular weight is 466 g/mol. The van der Waals surface area contributed by atoms with E-state index in [1.54, 1.807) is 30.3 Å². The number of halogens is 1. The Labute approximate surface area is 197 Å². The molecule has 3 aromatic heterocycles. The molecule has 0 saturated heterocycles. The summed E-state index contributed by atoms with van der Waals surface area (Å²) in [4.78, 5) is 33.0. The Balaban J connectivity index is 1.29. The normalized spacial score (nSPS) is 11.5. The highest BCUT2D eigenvalue weighted by molar-refractivity contribution is 5.98. The second kappa shape index (κ2) is 8.21. The molecule has 3 heterocycles. The maximum atomic E-state index is 13.7. The van der Waals surface area contributed by atoms with Crippen molar-refractivity contribution < 1.29 is 9.18 Å². The van der Waals surface area contributed by atoms with Crippen molar-refractivity contribution in [3.05, 3.63) is 100 Å². The van der Waals surface area contributed by atoms with Gasteiger partial charge in [-0.3, -0.25) is 9.59 Å². The zero-order chi connectivity index (χ0) is 23.9. The van der Waals surface area contributed by atoms with E-state index < -0.39 is 11.4 Å². The van der Waals surface area contributed by atoms with Crippen LogP contribution in [0.5, 0.6) is 0 Å². The van der Waals surface area contributed by atoms with Crippen LogP contribution in [0, 0.1) is 5.82 Å². The number of benzene rings is 3. The average Bonchev–Trinajstić information content (AvgIpc) is 3.47. The number of hydrogen-bond donors (Lipinski definition) is 3. The van der Waals surface area contributed by atoms with Gasteiger partial charge in [0.25, 0.3) is 11.5 Å². The van der Waals surface area contributed by atoms with Gasteiger partial charge in [-0.25, -0.2) is 14.1 Å². The molecule has 0 atom stereocenters. The molecule has 6 aromatic rings. The van der Waals surface area contributed by atoms with E-state index >= 15 is 0 Å². The SMILES string of the molecule is O=C(NCCc1cc2ccccc2[nH]1)c1ccc2c(=O)nc3c(-c4cccc(F)c4)n[nH]n3c2c1. The molecule has 172 valence electrons. The van der Waals surface area contributed by atoms with Gasteiger partial charge in [0.15, 0.2) is 5.65 Å². The van der Waals surface area contributed by atoms with Crippen LogP contribution in [0.1, 0.15) is 16.1 Å². The Morgan fingerprint density at radius 1 is 1.03 bits per heavy atom. The van der Waals surface area contributed by atoms with Crippen LogP contribution < -0.4 is 10.9 Å².